The van der Waals surface area contributed by atoms with Crippen LogP contribution in [0.5, 0.6) is 0 Å². The van der Waals surface area contributed by atoms with Crippen molar-refractivity contribution in [2.45, 2.75) is 26.7 Å². The molecular weight excluding hydrogens is 374 g/mol. The quantitative estimate of drug-likeness (QED) is 0.689. The molecule has 0 radical (unpaired) electrons. The summed E-state index contributed by atoms with van der Waals surface area (Å²) in [5.41, 5.74) is 2.10. The molecule has 1 saturated heterocycles. The first-order valence-electron chi connectivity index (χ1n) is 9.70. The Morgan fingerprint density at radius 3 is 2.83 bits per heavy atom. The molecule has 0 saturated carbocycles. The fourth-order valence-corrected chi connectivity index (χ4v) is 3.74. The summed E-state index contributed by atoms with van der Waals surface area (Å²) >= 11 is 0. The normalized spacial score (nSPS) is 16.8. The molecule has 1 unspecified atom stereocenters. The van der Waals surface area contributed by atoms with Gasteiger partial charge in [-0.25, -0.2) is 18.7 Å². The van der Waals surface area contributed by atoms with Gasteiger partial charge >= 0.3 is 0 Å². The van der Waals surface area contributed by atoms with E-state index in [0.29, 0.717) is 41.3 Å². The van der Waals surface area contributed by atoms with E-state index < -0.39 is 11.6 Å². The van der Waals surface area contributed by atoms with Crippen molar-refractivity contribution in [3.8, 4) is 0 Å². The van der Waals surface area contributed by atoms with E-state index in [2.05, 4.69) is 22.2 Å². The fraction of sp³-hybridized carbons (Fsp3) is 0.318. The first-order chi connectivity index (χ1) is 13.9. The van der Waals surface area contributed by atoms with Gasteiger partial charge in [-0.05, 0) is 49.9 Å². The standard InChI is InChI=1S/C22H22F2N4O/c1-13-4-3-9-28(12-13)22(29)17-11-25-21-16(7-5-14(2)26-21)20(17)27-19-8-6-15(23)10-18(19)24/h5-8,10-11,13H,3-4,9,12H2,1-2H3,(H,25,26,27). The Kier molecular flexibility index (Phi) is 5.13. The minimum Gasteiger partial charge on any atom is -0.352 e. The molecule has 1 aromatic carbocycles. The molecule has 3 aromatic rings. The molecule has 7 heteroatoms. The van der Waals surface area contributed by atoms with E-state index >= 15 is 0 Å². The molecule has 0 spiro atoms. The Bertz CT molecular complexity index is 1090. The fourth-order valence-electron chi connectivity index (χ4n) is 3.74. The summed E-state index contributed by atoms with van der Waals surface area (Å²) in [6, 6.07) is 6.92. The SMILES string of the molecule is Cc1ccc2c(Nc3ccc(F)cc3F)c(C(=O)N3CCCC(C)C3)cnc2n1. The Morgan fingerprint density at radius 2 is 2.07 bits per heavy atom. The van der Waals surface area contributed by atoms with Crippen LogP contribution in [0.3, 0.4) is 0 Å². The molecule has 1 amide bonds. The van der Waals surface area contributed by atoms with E-state index in [9.17, 15) is 13.6 Å². The van der Waals surface area contributed by atoms with Crippen LogP contribution in [0.2, 0.25) is 0 Å². The highest BCUT2D eigenvalue weighted by atomic mass is 19.1. The number of halogens is 2. The number of aromatic nitrogens is 2. The minimum absolute atomic E-state index is 0.0838. The third-order valence-corrected chi connectivity index (χ3v) is 5.23. The lowest BCUT2D eigenvalue weighted by Gasteiger charge is -2.31. The Hall–Kier alpha value is -3.09. The summed E-state index contributed by atoms with van der Waals surface area (Å²) < 4.78 is 27.6. The van der Waals surface area contributed by atoms with Crippen LogP contribution in [0, 0.1) is 24.5 Å². The van der Waals surface area contributed by atoms with Gasteiger partial charge in [0.15, 0.2) is 5.65 Å². The van der Waals surface area contributed by atoms with E-state index in [1.54, 1.807) is 0 Å². The zero-order chi connectivity index (χ0) is 20.5. The lowest BCUT2D eigenvalue weighted by molar-refractivity contribution is 0.0684. The predicted molar refractivity (Wildman–Crippen MR) is 108 cm³/mol. The van der Waals surface area contributed by atoms with E-state index in [-0.39, 0.29) is 11.6 Å². The lowest BCUT2D eigenvalue weighted by Crippen LogP contribution is -2.39. The molecule has 1 fully saturated rings. The monoisotopic (exact) mass is 396 g/mol. The number of benzene rings is 1. The third-order valence-electron chi connectivity index (χ3n) is 5.23. The summed E-state index contributed by atoms with van der Waals surface area (Å²) in [7, 11) is 0. The van der Waals surface area contributed by atoms with Crippen molar-refractivity contribution in [3.63, 3.8) is 0 Å². The number of aryl methyl sites for hydroxylation is 1. The average molecular weight is 396 g/mol. The van der Waals surface area contributed by atoms with Crippen molar-refractivity contribution >= 4 is 28.3 Å². The smallest absolute Gasteiger partial charge is 0.257 e. The molecule has 3 heterocycles. The summed E-state index contributed by atoms with van der Waals surface area (Å²) in [5, 5.41) is 3.60. The first kappa shape index (κ1) is 19.2. The molecule has 29 heavy (non-hydrogen) atoms. The van der Waals surface area contributed by atoms with Crippen LogP contribution in [-0.2, 0) is 0 Å². The zero-order valence-electron chi connectivity index (χ0n) is 16.4. The zero-order valence-corrected chi connectivity index (χ0v) is 16.4. The average Bonchev–Trinajstić information content (AvgIpc) is 2.69. The van der Waals surface area contributed by atoms with Crippen molar-refractivity contribution in [2.24, 2.45) is 5.92 Å². The van der Waals surface area contributed by atoms with Gasteiger partial charge in [-0.1, -0.05) is 6.92 Å². The second-order valence-corrected chi connectivity index (χ2v) is 7.62. The molecular formula is C22H22F2N4O. The highest BCUT2D eigenvalue weighted by Crippen LogP contribution is 2.31. The molecule has 1 atom stereocenters. The van der Waals surface area contributed by atoms with E-state index in [1.807, 2.05) is 24.0 Å². The number of piperidine rings is 1. The molecule has 0 aliphatic carbocycles. The van der Waals surface area contributed by atoms with Gasteiger partial charge in [0, 0.05) is 36.4 Å². The van der Waals surface area contributed by atoms with Crippen LogP contribution < -0.4 is 5.32 Å². The second-order valence-electron chi connectivity index (χ2n) is 7.62. The number of nitrogens with zero attached hydrogens (tertiary/aromatic N) is 3. The minimum atomic E-state index is -0.736. The second kappa shape index (κ2) is 7.73. The number of hydrogen-bond acceptors (Lipinski definition) is 4. The maximum atomic E-state index is 14.3. The van der Waals surface area contributed by atoms with Gasteiger partial charge in [-0.15, -0.1) is 0 Å². The van der Waals surface area contributed by atoms with Gasteiger partial charge in [0.25, 0.3) is 5.91 Å². The molecule has 1 aliphatic rings. The summed E-state index contributed by atoms with van der Waals surface area (Å²) in [6.45, 7) is 5.32. The number of pyridine rings is 2. The summed E-state index contributed by atoms with van der Waals surface area (Å²) in [5.74, 6) is -1.13. The van der Waals surface area contributed by atoms with Gasteiger partial charge < -0.3 is 10.2 Å². The molecule has 0 bridgehead atoms. The molecule has 1 aliphatic heterocycles. The maximum Gasteiger partial charge on any atom is 0.257 e. The first-order valence-corrected chi connectivity index (χ1v) is 9.70. The summed E-state index contributed by atoms with van der Waals surface area (Å²) in [4.78, 5) is 23.9. The Labute approximate surface area is 167 Å². The largest absolute Gasteiger partial charge is 0.352 e. The number of rotatable bonds is 3. The van der Waals surface area contributed by atoms with Crippen LogP contribution in [-0.4, -0.2) is 33.9 Å². The summed E-state index contributed by atoms with van der Waals surface area (Å²) in [6.07, 6.45) is 3.53. The van der Waals surface area contributed by atoms with Gasteiger partial charge in [-0.3, -0.25) is 4.79 Å². The molecule has 150 valence electrons. The number of likely N-dealkylation sites (tertiary alicyclic amines) is 1. The van der Waals surface area contributed by atoms with Crippen molar-refractivity contribution in [2.75, 3.05) is 18.4 Å². The number of hydrogen-bond donors (Lipinski definition) is 1. The van der Waals surface area contributed by atoms with Crippen LogP contribution in [0.15, 0.2) is 36.5 Å². The molecule has 5 nitrogen and oxygen atoms in total. The van der Waals surface area contributed by atoms with E-state index in [0.717, 1.165) is 24.6 Å². The molecule has 4 rings (SSSR count). The van der Waals surface area contributed by atoms with Crippen LogP contribution in [0.4, 0.5) is 20.2 Å². The number of carbonyl (C=O) groups is 1. The number of nitrogens with one attached hydrogen (secondary N) is 1. The number of fused-ring (bicyclic) bond motifs is 1. The topological polar surface area (TPSA) is 58.1 Å². The molecule has 2 aromatic heterocycles. The van der Waals surface area contributed by atoms with Gasteiger partial charge in [0.1, 0.15) is 11.6 Å². The number of carbonyl (C=O) groups excluding carboxylic acids is 1. The van der Waals surface area contributed by atoms with E-state index in [1.165, 1.54) is 18.3 Å². The van der Waals surface area contributed by atoms with E-state index in [4.69, 9.17) is 0 Å². The van der Waals surface area contributed by atoms with Crippen molar-refractivity contribution in [1.29, 1.82) is 0 Å². The van der Waals surface area contributed by atoms with Gasteiger partial charge in [0.2, 0.25) is 0 Å². The van der Waals surface area contributed by atoms with Crippen molar-refractivity contribution in [1.82, 2.24) is 14.9 Å². The Morgan fingerprint density at radius 1 is 1.24 bits per heavy atom. The lowest BCUT2D eigenvalue weighted by atomic mass is 9.99. The van der Waals surface area contributed by atoms with Crippen molar-refractivity contribution < 1.29 is 13.6 Å². The van der Waals surface area contributed by atoms with Crippen LogP contribution >= 0.6 is 0 Å². The third kappa shape index (κ3) is 3.90. The predicted octanol–water partition coefficient (Wildman–Crippen LogP) is 4.83. The van der Waals surface area contributed by atoms with Crippen LogP contribution in [0.25, 0.3) is 11.0 Å². The number of anilines is 2. The van der Waals surface area contributed by atoms with Gasteiger partial charge in [0.05, 0.1) is 16.9 Å². The Balaban J connectivity index is 1.82. The highest BCUT2D eigenvalue weighted by molar-refractivity contribution is 6.07. The number of amides is 1. The maximum absolute atomic E-state index is 14.3. The highest BCUT2D eigenvalue weighted by Gasteiger charge is 2.26. The van der Waals surface area contributed by atoms with Gasteiger partial charge in [-0.2, -0.15) is 0 Å². The van der Waals surface area contributed by atoms with Crippen molar-refractivity contribution in [3.05, 3.63) is 59.4 Å². The molecule has 1 N–H and O–H groups in total. The van der Waals surface area contributed by atoms with Crippen LogP contribution in [0.1, 0.15) is 35.8 Å².